The molecule has 3 rings (SSSR count). The molecule has 0 radical (unpaired) electrons. The highest BCUT2D eigenvalue weighted by molar-refractivity contribution is 7.18. The van der Waals surface area contributed by atoms with Gasteiger partial charge in [-0.05, 0) is 62.4 Å². The lowest BCUT2D eigenvalue weighted by atomic mass is 10.2. The van der Waals surface area contributed by atoms with Crippen LogP contribution in [0.1, 0.15) is 44.4 Å². The minimum atomic E-state index is -0.414. The summed E-state index contributed by atoms with van der Waals surface area (Å²) in [5, 5.41) is 5.95. The first kappa shape index (κ1) is 19.4. The van der Waals surface area contributed by atoms with Gasteiger partial charge >= 0.3 is 5.97 Å². The third-order valence-corrected chi connectivity index (χ3v) is 4.53. The molecule has 144 valence electrons. The number of carbonyl (C=O) groups is 3. The molecule has 0 spiro atoms. The Morgan fingerprint density at radius 2 is 1.71 bits per heavy atom. The Bertz CT molecular complexity index is 974. The second kappa shape index (κ2) is 8.53. The number of esters is 1. The molecule has 2 amide bonds. The quantitative estimate of drug-likeness (QED) is 0.600. The molecule has 0 aliphatic rings. The van der Waals surface area contributed by atoms with Gasteiger partial charge in [-0.25, -0.2) is 4.79 Å². The lowest BCUT2D eigenvalue weighted by Gasteiger charge is -2.08. The van der Waals surface area contributed by atoms with Crippen molar-refractivity contribution in [1.82, 2.24) is 0 Å². The number of amides is 2. The summed E-state index contributed by atoms with van der Waals surface area (Å²) >= 11 is 1.14. The topological polar surface area (TPSA) is 97.6 Å². The van der Waals surface area contributed by atoms with Gasteiger partial charge in [0, 0.05) is 5.69 Å². The van der Waals surface area contributed by atoms with Gasteiger partial charge in [0.1, 0.15) is 0 Å². The lowest BCUT2D eigenvalue weighted by molar-refractivity contribution is 0.0377. The van der Waals surface area contributed by atoms with E-state index in [0.29, 0.717) is 21.1 Å². The maximum absolute atomic E-state index is 12.4. The summed E-state index contributed by atoms with van der Waals surface area (Å²) in [5.41, 5.74) is 0.950. The fraction of sp³-hybridized carbons (Fsp3) is 0.150. The average molecular weight is 398 g/mol. The molecule has 0 aliphatic heterocycles. The predicted octanol–water partition coefficient (Wildman–Crippen LogP) is 4.41. The monoisotopic (exact) mass is 398 g/mol. The molecular formula is C20H18N2O5S. The molecule has 0 fully saturated rings. The molecule has 8 heteroatoms. The van der Waals surface area contributed by atoms with Crippen molar-refractivity contribution in [2.45, 2.75) is 20.0 Å². The van der Waals surface area contributed by atoms with Gasteiger partial charge in [0.25, 0.3) is 11.8 Å². The number of hydrogen-bond donors (Lipinski definition) is 2. The van der Waals surface area contributed by atoms with Crippen molar-refractivity contribution in [2.75, 3.05) is 10.6 Å². The highest BCUT2D eigenvalue weighted by Gasteiger charge is 2.14. The van der Waals surface area contributed by atoms with Crippen LogP contribution in [-0.2, 0) is 4.74 Å². The Hall–Kier alpha value is -3.39. The van der Waals surface area contributed by atoms with Crippen molar-refractivity contribution in [1.29, 1.82) is 0 Å². The minimum Gasteiger partial charge on any atom is -0.459 e. The number of anilines is 2. The standard InChI is InChI=1S/C20H18N2O5S/c1-12(2)27-20(25)13-5-7-14(8-6-13)21-19(24)16-9-10-17(28-16)22-18(23)15-4-3-11-26-15/h3-12H,1-2H3,(H,21,24)(H,22,23). The van der Waals surface area contributed by atoms with E-state index in [-0.39, 0.29) is 23.7 Å². The Morgan fingerprint density at radius 3 is 2.36 bits per heavy atom. The summed E-state index contributed by atoms with van der Waals surface area (Å²) in [4.78, 5) is 36.6. The molecule has 0 atom stereocenters. The van der Waals surface area contributed by atoms with E-state index in [1.807, 2.05) is 0 Å². The second-order valence-corrected chi connectivity index (χ2v) is 7.16. The molecule has 28 heavy (non-hydrogen) atoms. The summed E-state index contributed by atoms with van der Waals surface area (Å²) < 4.78 is 10.2. The molecule has 1 aromatic carbocycles. The van der Waals surface area contributed by atoms with Crippen LogP contribution >= 0.6 is 11.3 Å². The van der Waals surface area contributed by atoms with E-state index in [4.69, 9.17) is 9.15 Å². The molecule has 0 bridgehead atoms. The van der Waals surface area contributed by atoms with Gasteiger partial charge in [0.2, 0.25) is 0 Å². The van der Waals surface area contributed by atoms with Crippen LogP contribution in [0.15, 0.2) is 59.2 Å². The number of ether oxygens (including phenoxy) is 1. The van der Waals surface area contributed by atoms with Crippen molar-refractivity contribution in [2.24, 2.45) is 0 Å². The van der Waals surface area contributed by atoms with Crippen LogP contribution in [0.4, 0.5) is 10.7 Å². The van der Waals surface area contributed by atoms with Gasteiger partial charge in [-0.1, -0.05) is 0 Å². The van der Waals surface area contributed by atoms with Gasteiger partial charge in [0.05, 0.1) is 27.8 Å². The first-order valence-corrected chi connectivity index (χ1v) is 9.31. The van der Waals surface area contributed by atoms with Gasteiger partial charge < -0.3 is 19.8 Å². The average Bonchev–Trinajstić information content (AvgIpc) is 3.33. The first-order chi connectivity index (χ1) is 13.4. The molecule has 0 aliphatic carbocycles. The summed E-state index contributed by atoms with van der Waals surface area (Å²) in [7, 11) is 0. The van der Waals surface area contributed by atoms with Gasteiger partial charge in [-0.15, -0.1) is 11.3 Å². The number of nitrogens with one attached hydrogen (secondary N) is 2. The number of rotatable bonds is 6. The number of furan rings is 1. The van der Waals surface area contributed by atoms with Gasteiger partial charge in [-0.2, -0.15) is 0 Å². The Labute approximate surface area is 165 Å². The lowest BCUT2D eigenvalue weighted by Crippen LogP contribution is -2.12. The van der Waals surface area contributed by atoms with E-state index < -0.39 is 5.97 Å². The number of hydrogen-bond acceptors (Lipinski definition) is 6. The normalized spacial score (nSPS) is 10.5. The summed E-state index contributed by atoms with van der Waals surface area (Å²) in [6.07, 6.45) is 1.21. The van der Waals surface area contributed by atoms with Gasteiger partial charge in [-0.3, -0.25) is 9.59 Å². The van der Waals surface area contributed by atoms with E-state index in [9.17, 15) is 14.4 Å². The van der Waals surface area contributed by atoms with Crippen LogP contribution < -0.4 is 10.6 Å². The molecule has 2 heterocycles. The zero-order valence-corrected chi connectivity index (χ0v) is 16.0. The maximum atomic E-state index is 12.4. The van der Waals surface area contributed by atoms with Gasteiger partial charge in [0.15, 0.2) is 5.76 Å². The Balaban J connectivity index is 1.60. The predicted molar refractivity (Wildman–Crippen MR) is 106 cm³/mol. The van der Waals surface area contributed by atoms with Crippen LogP contribution in [0.25, 0.3) is 0 Å². The smallest absolute Gasteiger partial charge is 0.338 e. The molecule has 3 aromatic rings. The van der Waals surface area contributed by atoms with Crippen LogP contribution in [0.3, 0.4) is 0 Å². The molecule has 7 nitrogen and oxygen atoms in total. The van der Waals surface area contributed by atoms with E-state index in [0.717, 1.165) is 11.3 Å². The van der Waals surface area contributed by atoms with Crippen LogP contribution in [0.5, 0.6) is 0 Å². The first-order valence-electron chi connectivity index (χ1n) is 8.49. The maximum Gasteiger partial charge on any atom is 0.338 e. The summed E-state index contributed by atoms with van der Waals surface area (Å²) in [6.45, 7) is 3.55. The Kier molecular flexibility index (Phi) is 5.90. The molecule has 2 aromatic heterocycles. The number of benzene rings is 1. The minimum absolute atomic E-state index is 0.190. The zero-order valence-electron chi connectivity index (χ0n) is 15.2. The molecule has 0 saturated heterocycles. The van der Waals surface area contributed by atoms with Crippen molar-refractivity contribution in [3.05, 3.63) is 71.0 Å². The van der Waals surface area contributed by atoms with Crippen molar-refractivity contribution < 1.29 is 23.5 Å². The van der Waals surface area contributed by atoms with E-state index in [1.54, 1.807) is 62.4 Å². The Morgan fingerprint density at radius 1 is 0.964 bits per heavy atom. The number of carbonyl (C=O) groups excluding carboxylic acids is 3. The fourth-order valence-corrected chi connectivity index (χ4v) is 3.07. The van der Waals surface area contributed by atoms with Crippen molar-refractivity contribution in [3.8, 4) is 0 Å². The van der Waals surface area contributed by atoms with Crippen molar-refractivity contribution in [3.63, 3.8) is 0 Å². The SMILES string of the molecule is CC(C)OC(=O)c1ccc(NC(=O)c2ccc(NC(=O)c3ccco3)s2)cc1. The van der Waals surface area contributed by atoms with E-state index in [2.05, 4.69) is 10.6 Å². The summed E-state index contributed by atoms with van der Waals surface area (Å²) in [6, 6.07) is 12.9. The van der Waals surface area contributed by atoms with E-state index in [1.165, 1.54) is 6.26 Å². The fourth-order valence-electron chi connectivity index (χ4n) is 2.27. The largest absolute Gasteiger partial charge is 0.459 e. The molecule has 0 saturated carbocycles. The summed E-state index contributed by atoms with van der Waals surface area (Å²) in [5.74, 6) is -0.928. The third kappa shape index (κ3) is 4.86. The van der Waals surface area contributed by atoms with Crippen molar-refractivity contribution >= 4 is 39.8 Å². The molecular weight excluding hydrogens is 380 g/mol. The van der Waals surface area contributed by atoms with Crippen LogP contribution in [0.2, 0.25) is 0 Å². The molecule has 2 N–H and O–H groups in total. The van der Waals surface area contributed by atoms with Crippen LogP contribution in [0, 0.1) is 0 Å². The molecule has 0 unspecified atom stereocenters. The number of thiophene rings is 1. The third-order valence-electron chi connectivity index (χ3n) is 3.53. The zero-order chi connectivity index (χ0) is 20.1. The second-order valence-electron chi connectivity index (χ2n) is 6.08. The highest BCUT2D eigenvalue weighted by atomic mass is 32.1. The highest BCUT2D eigenvalue weighted by Crippen LogP contribution is 2.24. The van der Waals surface area contributed by atoms with E-state index >= 15 is 0 Å². The van der Waals surface area contributed by atoms with Crippen LogP contribution in [-0.4, -0.2) is 23.9 Å².